The summed E-state index contributed by atoms with van der Waals surface area (Å²) >= 11 is 6.40. The lowest BCUT2D eigenvalue weighted by atomic mass is 9.81. The fourth-order valence-corrected chi connectivity index (χ4v) is 4.54. The number of benzene rings is 4. The summed E-state index contributed by atoms with van der Waals surface area (Å²) in [4.78, 5) is 15.2. The zero-order valence-corrected chi connectivity index (χ0v) is 16.6. The van der Waals surface area contributed by atoms with Crippen LogP contribution in [0.1, 0.15) is 29.0 Å². The largest absolute Gasteiger partial charge is 0.308 e. The Hall–Kier alpha value is -3.10. The van der Waals surface area contributed by atoms with Crippen LogP contribution in [0.15, 0.2) is 91.0 Å². The minimum atomic E-state index is 0.0484. The monoisotopic (exact) mass is 397 g/mol. The van der Waals surface area contributed by atoms with Crippen LogP contribution in [0.5, 0.6) is 0 Å². The Balaban J connectivity index is 1.70. The Morgan fingerprint density at radius 3 is 2.38 bits per heavy atom. The standard InChI is InChI=1S/C26H20ClNO/c27-23-13-7-5-11-20(23)17-28-24-15-14-19-10-4-6-12-21(19)26(24)22(16-25(28)29)18-8-2-1-3-9-18/h1-15,22H,16-17H2. The van der Waals surface area contributed by atoms with Crippen LogP contribution >= 0.6 is 11.6 Å². The molecule has 1 unspecified atom stereocenters. The summed E-state index contributed by atoms with van der Waals surface area (Å²) in [6.45, 7) is 0.478. The van der Waals surface area contributed by atoms with Crippen LogP contribution in [0.2, 0.25) is 5.02 Å². The van der Waals surface area contributed by atoms with Crippen molar-refractivity contribution in [2.75, 3.05) is 4.90 Å². The summed E-state index contributed by atoms with van der Waals surface area (Å²) in [7, 11) is 0. The van der Waals surface area contributed by atoms with Gasteiger partial charge in [0.2, 0.25) is 5.91 Å². The smallest absolute Gasteiger partial charge is 0.228 e. The minimum absolute atomic E-state index is 0.0484. The molecule has 1 aliphatic rings. The van der Waals surface area contributed by atoms with E-state index >= 15 is 0 Å². The van der Waals surface area contributed by atoms with Gasteiger partial charge in [-0.1, -0.05) is 90.5 Å². The lowest BCUT2D eigenvalue weighted by molar-refractivity contribution is -0.119. The summed E-state index contributed by atoms with van der Waals surface area (Å²) in [5.41, 5.74) is 4.34. The lowest BCUT2D eigenvalue weighted by Crippen LogP contribution is -2.36. The molecule has 1 atom stereocenters. The average Bonchev–Trinajstić information content (AvgIpc) is 2.77. The quantitative estimate of drug-likeness (QED) is 0.383. The molecule has 3 heteroatoms. The third-order valence-corrected chi connectivity index (χ3v) is 6.12. The summed E-state index contributed by atoms with van der Waals surface area (Å²) in [6, 6.07) is 30.7. The van der Waals surface area contributed by atoms with E-state index in [0.717, 1.165) is 11.3 Å². The van der Waals surface area contributed by atoms with Crippen LogP contribution in [-0.4, -0.2) is 5.91 Å². The lowest BCUT2D eigenvalue weighted by Gasteiger charge is -2.35. The number of halogens is 1. The van der Waals surface area contributed by atoms with Gasteiger partial charge in [-0.05, 0) is 39.6 Å². The SMILES string of the molecule is O=C1CC(c2ccccc2)c2c(ccc3ccccc23)N1Cc1ccccc1Cl. The molecule has 0 spiro atoms. The van der Waals surface area contributed by atoms with Gasteiger partial charge >= 0.3 is 0 Å². The number of amides is 1. The molecule has 4 aromatic carbocycles. The van der Waals surface area contributed by atoms with Gasteiger partial charge in [-0.3, -0.25) is 4.79 Å². The van der Waals surface area contributed by atoms with E-state index in [1.165, 1.54) is 21.9 Å². The second-order valence-corrected chi connectivity index (χ2v) is 7.87. The Kier molecular flexibility index (Phi) is 4.57. The van der Waals surface area contributed by atoms with Crippen molar-refractivity contribution >= 4 is 34.0 Å². The van der Waals surface area contributed by atoms with Gasteiger partial charge in [0.1, 0.15) is 0 Å². The number of hydrogen-bond donors (Lipinski definition) is 0. The number of carbonyl (C=O) groups is 1. The zero-order valence-electron chi connectivity index (χ0n) is 15.9. The molecule has 2 nitrogen and oxygen atoms in total. The van der Waals surface area contributed by atoms with Crippen molar-refractivity contribution in [3.63, 3.8) is 0 Å². The first-order valence-electron chi connectivity index (χ1n) is 9.83. The minimum Gasteiger partial charge on any atom is -0.308 e. The first kappa shape index (κ1) is 18.0. The molecular weight excluding hydrogens is 378 g/mol. The molecule has 5 rings (SSSR count). The van der Waals surface area contributed by atoms with Gasteiger partial charge in [0.15, 0.2) is 0 Å². The van der Waals surface area contributed by atoms with Crippen molar-refractivity contribution in [1.82, 2.24) is 0 Å². The second-order valence-electron chi connectivity index (χ2n) is 7.46. The Morgan fingerprint density at radius 1 is 0.828 bits per heavy atom. The van der Waals surface area contributed by atoms with E-state index in [-0.39, 0.29) is 11.8 Å². The van der Waals surface area contributed by atoms with E-state index in [1.807, 2.05) is 47.4 Å². The van der Waals surface area contributed by atoms with Crippen LogP contribution in [0, 0.1) is 0 Å². The molecule has 4 aromatic rings. The topological polar surface area (TPSA) is 20.3 Å². The molecule has 1 aliphatic heterocycles. The number of fused-ring (bicyclic) bond motifs is 3. The normalized spacial score (nSPS) is 16.1. The van der Waals surface area contributed by atoms with Crippen LogP contribution in [-0.2, 0) is 11.3 Å². The van der Waals surface area contributed by atoms with Crippen molar-refractivity contribution < 1.29 is 4.79 Å². The van der Waals surface area contributed by atoms with Gasteiger partial charge in [0.05, 0.1) is 6.54 Å². The van der Waals surface area contributed by atoms with E-state index in [0.29, 0.717) is 18.0 Å². The highest BCUT2D eigenvalue weighted by molar-refractivity contribution is 6.31. The van der Waals surface area contributed by atoms with Gasteiger partial charge in [0.25, 0.3) is 0 Å². The van der Waals surface area contributed by atoms with Gasteiger partial charge < -0.3 is 4.90 Å². The highest BCUT2D eigenvalue weighted by atomic mass is 35.5. The zero-order chi connectivity index (χ0) is 19.8. The molecule has 0 saturated heterocycles. The van der Waals surface area contributed by atoms with Crippen molar-refractivity contribution in [2.45, 2.75) is 18.9 Å². The highest BCUT2D eigenvalue weighted by Crippen LogP contribution is 2.44. The number of rotatable bonds is 3. The van der Waals surface area contributed by atoms with E-state index in [1.54, 1.807) is 0 Å². The predicted molar refractivity (Wildman–Crippen MR) is 119 cm³/mol. The molecule has 0 aliphatic carbocycles. The Labute approximate surface area is 175 Å². The molecule has 0 saturated carbocycles. The van der Waals surface area contributed by atoms with Crippen LogP contribution in [0.4, 0.5) is 5.69 Å². The van der Waals surface area contributed by atoms with Crippen molar-refractivity contribution in [3.8, 4) is 0 Å². The molecule has 142 valence electrons. The van der Waals surface area contributed by atoms with Crippen molar-refractivity contribution in [2.24, 2.45) is 0 Å². The molecule has 0 bridgehead atoms. The van der Waals surface area contributed by atoms with E-state index in [4.69, 9.17) is 11.6 Å². The molecule has 0 radical (unpaired) electrons. The third-order valence-electron chi connectivity index (χ3n) is 5.75. The molecule has 29 heavy (non-hydrogen) atoms. The first-order valence-corrected chi connectivity index (χ1v) is 10.2. The van der Waals surface area contributed by atoms with Crippen LogP contribution in [0.3, 0.4) is 0 Å². The number of carbonyl (C=O) groups excluding carboxylic acids is 1. The molecular formula is C26H20ClNO. The Bertz CT molecular complexity index is 1200. The summed E-state index contributed by atoms with van der Waals surface area (Å²) in [6.07, 6.45) is 0.454. The molecule has 1 amide bonds. The molecule has 0 fully saturated rings. The van der Waals surface area contributed by atoms with Crippen LogP contribution in [0.25, 0.3) is 10.8 Å². The number of nitrogens with zero attached hydrogens (tertiary/aromatic N) is 1. The first-order chi connectivity index (χ1) is 14.2. The second kappa shape index (κ2) is 7.38. The van der Waals surface area contributed by atoms with Gasteiger partial charge in [-0.25, -0.2) is 0 Å². The van der Waals surface area contributed by atoms with Gasteiger partial charge in [0, 0.05) is 23.0 Å². The average molecular weight is 398 g/mol. The van der Waals surface area contributed by atoms with Crippen molar-refractivity contribution in [1.29, 1.82) is 0 Å². The van der Waals surface area contributed by atoms with Crippen LogP contribution < -0.4 is 4.90 Å². The number of anilines is 1. The van der Waals surface area contributed by atoms with Gasteiger partial charge in [-0.2, -0.15) is 0 Å². The van der Waals surface area contributed by atoms with Gasteiger partial charge in [-0.15, -0.1) is 0 Å². The maximum atomic E-state index is 13.3. The third kappa shape index (κ3) is 3.20. The fraction of sp³-hybridized carbons (Fsp3) is 0.115. The molecule has 0 aromatic heterocycles. The predicted octanol–water partition coefficient (Wildman–Crippen LogP) is 6.56. The highest BCUT2D eigenvalue weighted by Gasteiger charge is 2.33. The van der Waals surface area contributed by atoms with Crippen molar-refractivity contribution in [3.05, 3.63) is 113 Å². The summed E-state index contributed by atoms with van der Waals surface area (Å²) in [5.74, 6) is 0.175. The van der Waals surface area contributed by atoms with E-state index in [2.05, 4.69) is 48.5 Å². The molecule has 1 heterocycles. The van der Waals surface area contributed by atoms with E-state index < -0.39 is 0 Å². The summed E-state index contributed by atoms with van der Waals surface area (Å²) in [5, 5.41) is 3.09. The molecule has 0 N–H and O–H groups in total. The number of hydrogen-bond acceptors (Lipinski definition) is 1. The summed E-state index contributed by atoms with van der Waals surface area (Å²) < 4.78 is 0. The maximum absolute atomic E-state index is 13.3. The Morgan fingerprint density at radius 2 is 1.55 bits per heavy atom. The maximum Gasteiger partial charge on any atom is 0.228 e. The fourth-order valence-electron chi connectivity index (χ4n) is 4.35. The van der Waals surface area contributed by atoms with E-state index in [9.17, 15) is 4.79 Å².